The number of amides is 2. The fourth-order valence-corrected chi connectivity index (χ4v) is 3.08. The molecule has 1 aliphatic rings. The third kappa shape index (κ3) is 5.20. The number of carbonyl (C=O) groups is 3. The van der Waals surface area contributed by atoms with Crippen molar-refractivity contribution in [1.82, 2.24) is 10.6 Å². The van der Waals surface area contributed by atoms with Crippen LogP contribution in [0.15, 0.2) is 30.3 Å². The minimum absolute atomic E-state index is 0.184. The predicted molar refractivity (Wildman–Crippen MR) is 96.8 cm³/mol. The lowest BCUT2D eigenvalue weighted by Crippen LogP contribution is -2.33. The molecule has 0 radical (unpaired) electrons. The van der Waals surface area contributed by atoms with Crippen molar-refractivity contribution in [2.45, 2.75) is 13.5 Å². The molecule has 2 aromatic rings. The van der Waals surface area contributed by atoms with Crippen LogP contribution < -0.4 is 20.1 Å². The first-order chi connectivity index (χ1) is 13.0. The van der Waals surface area contributed by atoms with Crippen LogP contribution in [0, 0.1) is 6.92 Å². The molecule has 8 nitrogen and oxygen atoms in total. The number of ether oxygens (including phenoxy) is 3. The van der Waals surface area contributed by atoms with Crippen LogP contribution in [-0.4, -0.2) is 37.7 Å². The molecule has 9 heteroatoms. The van der Waals surface area contributed by atoms with E-state index in [4.69, 9.17) is 14.2 Å². The number of aryl methyl sites for hydroxylation is 1. The standard InChI is InChI=1S/C18H18N2O6S/c1-11-2-5-15(27-11)18(23)20-8-17(22)24-9-16(21)19-7-12-3-4-13-14(6-12)26-10-25-13/h2-6H,7-10H2,1H3,(H,19,21)(H,20,23). The van der Waals surface area contributed by atoms with Crippen LogP contribution in [-0.2, 0) is 20.9 Å². The van der Waals surface area contributed by atoms with Gasteiger partial charge in [0.2, 0.25) is 6.79 Å². The topological polar surface area (TPSA) is 103 Å². The quantitative estimate of drug-likeness (QED) is 0.693. The first-order valence-corrected chi connectivity index (χ1v) is 8.98. The van der Waals surface area contributed by atoms with E-state index in [-0.39, 0.29) is 25.8 Å². The Labute approximate surface area is 159 Å². The van der Waals surface area contributed by atoms with Gasteiger partial charge in [0.05, 0.1) is 4.88 Å². The number of nitrogens with one attached hydrogen (secondary N) is 2. The zero-order valence-electron chi connectivity index (χ0n) is 14.6. The molecule has 0 saturated carbocycles. The number of carbonyl (C=O) groups excluding carboxylic acids is 3. The lowest BCUT2D eigenvalue weighted by Gasteiger charge is -2.08. The zero-order chi connectivity index (χ0) is 19.2. The lowest BCUT2D eigenvalue weighted by atomic mass is 10.2. The van der Waals surface area contributed by atoms with Gasteiger partial charge >= 0.3 is 5.97 Å². The second kappa shape index (κ2) is 8.54. The summed E-state index contributed by atoms with van der Waals surface area (Å²) in [7, 11) is 0. The molecule has 1 aromatic heterocycles. The second-order valence-corrected chi connectivity index (χ2v) is 7.01. The normalized spacial score (nSPS) is 11.7. The number of hydrogen-bond donors (Lipinski definition) is 2. The number of fused-ring (bicyclic) bond motifs is 1. The van der Waals surface area contributed by atoms with Crippen LogP contribution in [0.1, 0.15) is 20.1 Å². The van der Waals surface area contributed by atoms with E-state index in [1.807, 2.05) is 19.1 Å². The van der Waals surface area contributed by atoms with Gasteiger partial charge < -0.3 is 24.8 Å². The Hall–Kier alpha value is -3.07. The number of rotatable bonds is 7. The first-order valence-electron chi connectivity index (χ1n) is 8.17. The Morgan fingerprint density at radius 3 is 2.70 bits per heavy atom. The van der Waals surface area contributed by atoms with Crippen molar-refractivity contribution in [2.24, 2.45) is 0 Å². The summed E-state index contributed by atoms with van der Waals surface area (Å²) in [5, 5.41) is 5.10. The third-order valence-electron chi connectivity index (χ3n) is 3.65. The Bertz CT molecular complexity index is 863. The molecule has 0 fully saturated rings. The van der Waals surface area contributed by atoms with Crippen molar-refractivity contribution in [1.29, 1.82) is 0 Å². The predicted octanol–water partition coefficient (Wildman–Crippen LogP) is 1.37. The maximum atomic E-state index is 11.8. The van der Waals surface area contributed by atoms with E-state index < -0.39 is 18.5 Å². The molecule has 27 heavy (non-hydrogen) atoms. The monoisotopic (exact) mass is 390 g/mol. The van der Waals surface area contributed by atoms with Gasteiger partial charge in [0.1, 0.15) is 6.54 Å². The van der Waals surface area contributed by atoms with Gasteiger partial charge in [-0.15, -0.1) is 11.3 Å². The minimum Gasteiger partial charge on any atom is -0.454 e. The molecule has 0 bridgehead atoms. The highest BCUT2D eigenvalue weighted by Crippen LogP contribution is 2.32. The largest absolute Gasteiger partial charge is 0.454 e. The summed E-state index contributed by atoms with van der Waals surface area (Å²) >= 11 is 1.33. The number of hydrogen-bond acceptors (Lipinski definition) is 7. The van der Waals surface area contributed by atoms with Crippen molar-refractivity contribution in [3.63, 3.8) is 0 Å². The van der Waals surface area contributed by atoms with E-state index in [1.54, 1.807) is 18.2 Å². The molecule has 0 aliphatic carbocycles. The fraction of sp³-hybridized carbons (Fsp3) is 0.278. The molecule has 1 aromatic carbocycles. The zero-order valence-corrected chi connectivity index (χ0v) is 15.4. The van der Waals surface area contributed by atoms with E-state index in [0.717, 1.165) is 10.4 Å². The summed E-state index contributed by atoms with van der Waals surface area (Å²) in [6.45, 7) is 1.62. The summed E-state index contributed by atoms with van der Waals surface area (Å²) in [4.78, 5) is 36.8. The van der Waals surface area contributed by atoms with Gasteiger partial charge in [-0.3, -0.25) is 14.4 Å². The van der Waals surface area contributed by atoms with Gasteiger partial charge in [-0.25, -0.2) is 0 Å². The van der Waals surface area contributed by atoms with Crippen molar-refractivity contribution >= 4 is 29.1 Å². The Balaban J connectivity index is 1.35. The maximum absolute atomic E-state index is 11.8. The molecule has 0 saturated heterocycles. The average Bonchev–Trinajstić information content (AvgIpc) is 3.30. The molecular formula is C18H18N2O6S. The highest BCUT2D eigenvalue weighted by molar-refractivity contribution is 7.13. The van der Waals surface area contributed by atoms with Crippen molar-refractivity contribution in [3.05, 3.63) is 45.6 Å². The summed E-state index contributed by atoms with van der Waals surface area (Å²) in [6.07, 6.45) is 0. The fourth-order valence-electron chi connectivity index (χ4n) is 2.30. The summed E-state index contributed by atoms with van der Waals surface area (Å²) in [5.41, 5.74) is 0.831. The van der Waals surface area contributed by atoms with E-state index in [1.165, 1.54) is 11.3 Å². The summed E-state index contributed by atoms with van der Waals surface area (Å²) in [5.74, 6) is -0.183. The molecular weight excluding hydrogens is 372 g/mol. The molecule has 1 aliphatic heterocycles. The average molecular weight is 390 g/mol. The van der Waals surface area contributed by atoms with E-state index in [2.05, 4.69) is 10.6 Å². The van der Waals surface area contributed by atoms with Crippen LogP contribution in [0.4, 0.5) is 0 Å². The molecule has 3 rings (SSSR count). The summed E-state index contributed by atoms with van der Waals surface area (Å²) < 4.78 is 15.3. The van der Waals surface area contributed by atoms with Gasteiger partial charge in [-0.2, -0.15) is 0 Å². The third-order valence-corrected chi connectivity index (χ3v) is 4.65. The minimum atomic E-state index is -0.685. The second-order valence-electron chi connectivity index (χ2n) is 5.72. The number of esters is 1. The molecule has 2 N–H and O–H groups in total. The van der Waals surface area contributed by atoms with E-state index in [9.17, 15) is 14.4 Å². The van der Waals surface area contributed by atoms with Crippen molar-refractivity contribution < 1.29 is 28.6 Å². The number of thiophene rings is 1. The van der Waals surface area contributed by atoms with Crippen LogP contribution in [0.2, 0.25) is 0 Å². The highest BCUT2D eigenvalue weighted by atomic mass is 32.1. The van der Waals surface area contributed by atoms with E-state index >= 15 is 0 Å². The molecule has 2 heterocycles. The van der Waals surface area contributed by atoms with Crippen molar-refractivity contribution in [3.8, 4) is 11.5 Å². The van der Waals surface area contributed by atoms with Crippen LogP contribution in [0.5, 0.6) is 11.5 Å². The van der Waals surface area contributed by atoms with Gasteiger partial charge in [-0.05, 0) is 36.8 Å². The van der Waals surface area contributed by atoms with Gasteiger partial charge in [0, 0.05) is 11.4 Å². The van der Waals surface area contributed by atoms with Gasteiger partial charge in [0.25, 0.3) is 11.8 Å². The Morgan fingerprint density at radius 1 is 1.11 bits per heavy atom. The van der Waals surface area contributed by atoms with E-state index in [0.29, 0.717) is 16.4 Å². The van der Waals surface area contributed by atoms with Crippen LogP contribution in [0.3, 0.4) is 0 Å². The van der Waals surface area contributed by atoms with Crippen LogP contribution >= 0.6 is 11.3 Å². The summed E-state index contributed by atoms with van der Waals surface area (Å²) in [6, 6.07) is 8.85. The number of benzene rings is 1. The Morgan fingerprint density at radius 2 is 1.93 bits per heavy atom. The van der Waals surface area contributed by atoms with Crippen LogP contribution in [0.25, 0.3) is 0 Å². The molecule has 0 unspecified atom stereocenters. The SMILES string of the molecule is Cc1ccc(C(=O)NCC(=O)OCC(=O)NCc2ccc3c(c2)OCO3)s1. The first kappa shape index (κ1) is 18.7. The molecule has 142 valence electrons. The molecule has 0 spiro atoms. The van der Waals surface area contributed by atoms with Crippen molar-refractivity contribution in [2.75, 3.05) is 19.9 Å². The Kier molecular flexibility index (Phi) is 5.92. The molecule has 2 amide bonds. The van der Waals surface area contributed by atoms with Gasteiger partial charge in [0.15, 0.2) is 18.1 Å². The maximum Gasteiger partial charge on any atom is 0.325 e. The smallest absolute Gasteiger partial charge is 0.325 e. The molecule has 0 atom stereocenters. The highest BCUT2D eigenvalue weighted by Gasteiger charge is 2.14. The van der Waals surface area contributed by atoms with Gasteiger partial charge in [-0.1, -0.05) is 6.07 Å². The lowest BCUT2D eigenvalue weighted by molar-refractivity contribution is -0.147.